The van der Waals surface area contributed by atoms with Crippen LogP contribution in [0.25, 0.3) is 10.8 Å². The zero-order valence-electron chi connectivity index (χ0n) is 12.3. The largest absolute Gasteiger partial charge is 0.490 e. The van der Waals surface area contributed by atoms with Gasteiger partial charge in [0, 0.05) is 5.39 Å². The Morgan fingerprint density at radius 1 is 0.857 bits per heavy atom. The highest BCUT2D eigenvalue weighted by atomic mass is 16.5. The van der Waals surface area contributed by atoms with Gasteiger partial charge in [-0.3, -0.25) is 0 Å². The molecule has 0 spiro atoms. The van der Waals surface area contributed by atoms with Crippen LogP contribution in [0.5, 0.6) is 17.2 Å². The fourth-order valence-corrected chi connectivity index (χ4v) is 2.32. The summed E-state index contributed by atoms with van der Waals surface area (Å²) in [6.45, 7) is 4.65. The topological polar surface area (TPSA) is 18.5 Å². The molecule has 3 rings (SSSR count). The molecule has 106 valence electrons. The van der Waals surface area contributed by atoms with E-state index in [1.165, 1.54) is 5.56 Å². The molecule has 3 aromatic carbocycles. The Morgan fingerprint density at radius 3 is 2.38 bits per heavy atom. The maximum Gasteiger partial charge on any atom is 0.177 e. The number of ether oxygens (including phenoxy) is 2. The van der Waals surface area contributed by atoms with Crippen molar-refractivity contribution in [2.45, 2.75) is 13.8 Å². The third-order valence-corrected chi connectivity index (χ3v) is 3.38. The summed E-state index contributed by atoms with van der Waals surface area (Å²) in [6, 6.07) is 20.2. The van der Waals surface area contributed by atoms with E-state index in [2.05, 4.69) is 25.1 Å². The van der Waals surface area contributed by atoms with Crippen molar-refractivity contribution in [1.29, 1.82) is 0 Å². The van der Waals surface area contributed by atoms with Gasteiger partial charge in [-0.05, 0) is 37.4 Å². The standard InChI is InChI=1S/C19H18O2/c1-3-20-18-13-10-15-6-4-5-7-17(15)19(18)21-16-11-8-14(2)9-12-16/h4-13H,3H2,1-2H3. The maximum absolute atomic E-state index is 6.11. The summed E-state index contributed by atoms with van der Waals surface area (Å²) in [7, 11) is 0. The smallest absolute Gasteiger partial charge is 0.177 e. The quantitative estimate of drug-likeness (QED) is 0.641. The van der Waals surface area contributed by atoms with Crippen LogP contribution in [0.4, 0.5) is 0 Å². The second-order valence-electron chi connectivity index (χ2n) is 4.96. The summed E-state index contributed by atoms with van der Waals surface area (Å²) < 4.78 is 11.8. The Bertz CT molecular complexity index is 745. The number of fused-ring (bicyclic) bond motifs is 1. The minimum Gasteiger partial charge on any atom is -0.490 e. The van der Waals surface area contributed by atoms with Crippen LogP contribution in [0.1, 0.15) is 12.5 Å². The maximum atomic E-state index is 6.11. The average Bonchev–Trinajstić information content (AvgIpc) is 2.52. The van der Waals surface area contributed by atoms with Crippen LogP contribution in [0, 0.1) is 6.92 Å². The summed E-state index contributed by atoms with van der Waals surface area (Å²) in [5.41, 5.74) is 1.21. The number of aryl methyl sites for hydroxylation is 1. The summed E-state index contributed by atoms with van der Waals surface area (Å²) in [4.78, 5) is 0. The lowest BCUT2D eigenvalue weighted by Gasteiger charge is -2.14. The molecule has 21 heavy (non-hydrogen) atoms. The molecule has 3 aromatic rings. The lowest BCUT2D eigenvalue weighted by molar-refractivity contribution is 0.323. The Kier molecular flexibility index (Phi) is 3.78. The summed E-state index contributed by atoms with van der Waals surface area (Å²) in [5.74, 6) is 2.37. The Balaban J connectivity index is 2.09. The Hall–Kier alpha value is -2.48. The SMILES string of the molecule is CCOc1ccc2ccccc2c1Oc1ccc(C)cc1. The third kappa shape index (κ3) is 2.84. The molecule has 2 heteroatoms. The molecule has 0 amide bonds. The molecule has 0 heterocycles. The molecule has 0 aliphatic heterocycles. The van der Waals surface area contributed by atoms with E-state index in [-0.39, 0.29) is 0 Å². The van der Waals surface area contributed by atoms with E-state index in [0.29, 0.717) is 6.61 Å². The number of rotatable bonds is 4. The van der Waals surface area contributed by atoms with Crippen molar-refractivity contribution in [2.75, 3.05) is 6.61 Å². The van der Waals surface area contributed by atoms with E-state index in [1.807, 2.05) is 49.4 Å². The van der Waals surface area contributed by atoms with Crippen LogP contribution in [0.3, 0.4) is 0 Å². The van der Waals surface area contributed by atoms with Gasteiger partial charge >= 0.3 is 0 Å². The highest BCUT2D eigenvalue weighted by Gasteiger charge is 2.11. The molecule has 0 saturated heterocycles. The predicted octanol–water partition coefficient (Wildman–Crippen LogP) is 5.34. The Morgan fingerprint density at radius 2 is 1.62 bits per heavy atom. The first-order valence-corrected chi connectivity index (χ1v) is 7.17. The fourth-order valence-electron chi connectivity index (χ4n) is 2.32. The van der Waals surface area contributed by atoms with Crippen molar-refractivity contribution in [2.24, 2.45) is 0 Å². The van der Waals surface area contributed by atoms with E-state index in [0.717, 1.165) is 28.0 Å². The van der Waals surface area contributed by atoms with Gasteiger partial charge in [0.25, 0.3) is 0 Å². The van der Waals surface area contributed by atoms with Gasteiger partial charge in [-0.15, -0.1) is 0 Å². The molecule has 0 aromatic heterocycles. The van der Waals surface area contributed by atoms with Crippen LogP contribution < -0.4 is 9.47 Å². The van der Waals surface area contributed by atoms with Gasteiger partial charge in [-0.2, -0.15) is 0 Å². The second kappa shape index (κ2) is 5.88. The summed E-state index contributed by atoms with van der Waals surface area (Å²) in [6.07, 6.45) is 0. The van der Waals surface area contributed by atoms with Crippen LogP contribution >= 0.6 is 0 Å². The van der Waals surface area contributed by atoms with E-state index in [1.54, 1.807) is 0 Å². The minimum absolute atomic E-state index is 0.614. The van der Waals surface area contributed by atoms with E-state index < -0.39 is 0 Å². The minimum atomic E-state index is 0.614. The van der Waals surface area contributed by atoms with Gasteiger partial charge in [-0.25, -0.2) is 0 Å². The number of benzene rings is 3. The monoisotopic (exact) mass is 278 g/mol. The zero-order chi connectivity index (χ0) is 14.7. The molecule has 0 aliphatic rings. The first-order chi connectivity index (χ1) is 10.3. The van der Waals surface area contributed by atoms with Crippen molar-refractivity contribution in [3.63, 3.8) is 0 Å². The molecule has 2 nitrogen and oxygen atoms in total. The van der Waals surface area contributed by atoms with E-state index in [4.69, 9.17) is 9.47 Å². The first kappa shape index (κ1) is 13.5. The van der Waals surface area contributed by atoms with Crippen molar-refractivity contribution >= 4 is 10.8 Å². The van der Waals surface area contributed by atoms with Gasteiger partial charge in [0.1, 0.15) is 5.75 Å². The normalized spacial score (nSPS) is 10.6. The fraction of sp³-hybridized carbons (Fsp3) is 0.158. The van der Waals surface area contributed by atoms with Crippen LogP contribution in [-0.4, -0.2) is 6.61 Å². The molecule has 0 bridgehead atoms. The molecule has 0 radical (unpaired) electrons. The van der Waals surface area contributed by atoms with Gasteiger partial charge in [0.2, 0.25) is 0 Å². The van der Waals surface area contributed by atoms with Gasteiger partial charge in [0.05, 0.1) is 6.61 Å². The van der Waals surface area contributed by atoms with Crippen molar-refractivity contribution < 1.29 is 9.47 Å². The van der Waals surface area contributed by atoms with E-state index in [9.17, 15) is 0 Å². The number of hydrogen-bond acceptors (Lipinski definition) is 2. The highest BCUT2D eigenvalue weighted by Crippen LogP contribution is 2.38. The molecule has 0 aliphatic carbocycles. The highest BCUT2D eigenvalue weighted by molar-refractivity contribution is 5.91. The van der Waals surface area contributed by atoms with Gasteiger partial charge in [-0.1, -0.05) is 48.0 Å². The first-order valence-electron chi connectivity index (χ1n) is 7.17. The van der Waals surface area contributed by atoms with Crippen molar-refractivity contribution in [1.82, 2.24) is 0 Å². The molecule has 0 fully saturated rings. The molecule has 0 unspecified atom stereocenters. The van der Waals surface area contributed by atoms with Crippen molar-refractivity contribution in [3.05, 3.63) is 66.2 Å². The second-order valence-corrected chi connectivity index (χ2v) is 4.96. The molecular weight excluding hydrogens is 260 g/mol. The lowest BCUT2D eigenvalue weighted by Crippen LogP contribution is -1.96. The van der Waals surface area contributed by atoms with Crippen molar-refractivity contribution in [3.8, 4) is 17.2 Å². The van der Waals surface area contributed by atoms with Crippen LogP contribution in [0.15, 0.2) is 60.7 Å². The molecule has 0 saturated carbocycles. The van der Waals surface area contributed by atoms with Crippen LogP contribution in [0.2, 0.25) is 0 Å². The lowest BCUT2D eigenvalue weighted by atomic mass is 10.1. The van der Waals surface area contributed by atoms with E-state index >= 15 is 0 Å². The summed E-state index contributed by atoms with van der Waals surface area (Å²) >= 11 is 0. The number of hydrogen-bond donors (Lipinski definition) is 0. The van der Waals surface area contributed by atoms with Gasteiger partial charge < -0.3 is 9.47 Å². The average molecular weight is 278 g/mol. The third-order valence-electron chi connectivity index (χ3n) is 3.38. The van der Waals surface area contributed by atoms with Gasteiger partial charge in [0.15, 0.2) is 11.5 Å². The predicted molar refractivity (Wildman–Crippen MR) is 86.4 cm³/mol. The molecular formula is C19H18O2. The summed E-state index contributed by atoms with van der Waals surface area (Å²) in [5, 5.41) is 2.20. The van der Waals surface area contributed by atoms with Crippen LogP contribution in [-0.2, 0) is 0 Å². The molecule has 0 atom stereocenters. The zero-order valence-corrected chi connectivity index (χ0v) is 12.3. The Labute approximate surface area is 124 Å². The molecule has 0 N–H and O–H groups in total.